The van der Waals surface area contributed by atoms with Gasteiger partial charge in [-0.25, -0.2) is 4.98 Å². The average Bonchev–Trinajstić information content (AvgIpc) is 2.81. The first-order chi connectivity index (χ1) is 15.2. The minimum Gasteiger partial charge on any atom is -0.457 e. The lowest BCUT2D eigenvalue weighted by Gasteiger charge is -2.11. The predicted octanol–water partition coefficient (Wildman–Crippen LogP) is 5.12. The number of rotatable bonds is 4. The van der Waals surface area contributed by atoms with Gasteiger partial charge >= 0.3 is 0 Å². The van der Waals surface area contributed by atoms with Gasteiger partial charge in [0.25, 0.3) is 11.5 Å². The van der Waals surface area contributed by atoms with Crippen LogP contribution >= 0.6 is 0 Å². The highest BCUT2D eigenvalue weighted by Crippen LogP contribution is 2.32. The normalized spacial score (nSPS) is 10.8. The third kappa shape index (κ3) is 3.62. The van der Waals surface area contributed by atoms with Gasteiger partial charge in [0.1, 0.15) is 17.1 Å². The summed E-state index contributed by atoms with van der Waals surface area (Å²) >= 11 is 0. The highest BCUT2D eigenvalue weighted by molar-refractivity contribution is 6.07. The molecule has 6 nitrogen and oxygen atoms in total. The Labute approximate surface area is 177 Å². The molecule has 5 rings (SSSR count). The van der Waals surface area contributed by atoms with Crippen LogP contribution in [0.1, 0.15) is 10.4 Å². The van der Waals surface area contributed by atoms with Crippen molar-refractivity contribution in [1.82, 2.24) is 9.97 Å². The molecule has 0 saturated carbocycles. The van der Waals surface area contributed by atoms with E-state index in [-0.39, 0.29) is 11.5 Å². The number of pyridine rings is 2. The van der Waals surface area contributed by atoms with Crippen LogP contribution in [0.4, 0.5) is 5.69 Å². The lowest BCUT2D eigenvalue weighted by molar-refractivity contribution is 0.102. The molecular weight excluding hydrogens is 390 g/mol. The zero-order valence-corrected chi connectivity index (χ0v) is 16.3. The summed E-state index contributed by atoms with van der Waals surface area (Å²) in [6.07, 6.45) is 1.59. The van der Waals surface area contributed by atoms with Gasteiger partial charge in [-0.3, -0.25) is 9.59 Å². The smallest absolute Gasteiger partial charge is 0.257 e. The summed E-state index contributed by atoms with van der Waals surface area (Å²) in [7, 11) is 0. The molecule has 3 aromatic carbocycles. The summed E-state index contributed by atoms with van der Waals surface area (Å²) in [5.41, 5.74) is 1.53. The van der Waals surface area contributed by atoms with E-state index in [9.17, 15) is 9.59 Å². The van der Waals surface area contributed by atoms with Crippen molar-refractivity contribution < 1.29 is 9.53 Å². The number of carbonyl (C=O) groups excluding carboxylic acids is 1. The third-order valence-electron chi connectivity index (χ3n) is 4.96. The zero-order chi connectivity index (χ0) is 21.2. The summed E-state index contributed by atoms with van der Waals surface area (Å²) in [6, 6.07) is 25.3. The number of H-pyrrole nitrogens is 1. The highest BCUT2D eigenvalue weighted by Gasteiger charge is 2.12. The SMILES string of the molecule is O=C(Nc1ccc(Oc2ccnc3[nH]c(=O)c4ccccc4c23)cc1)c1ccccc1. The molecule has 0 unspecified atom stereocenters. The van der Waals surface area contributed by atoms with Gasteiger partial charge in [0.05, 0.1) is 5.39 Å². The summed E-state index contributed by atoms with van der Waals surface area (Å²) in [4.78, 5) is 31.7. The van der Waals surface area contributed by atoms with Crippen molar-refractivity contribution in [2.24, 2.45) is 0 Å². The molecule has 0 radical (unpaired) electrons. The number of ether oxygens (including phenoxy) is 1. The molecule has 31 heavy (non-hydrogen) atoms. The van der Waals surface area contributed by atoms with E-state index in [4.69, 9.17) is 4.74 Å². The van der Waals surface area contributed by atoms with Crippen LogP contribution in [0.25, 0.3) is 21.8 Å². The number of amides is 1. The Hall–Kier alpha value is -4.45. The van der Waals surface area contributed by atoms with Gasteiger partial charge in [-0.1, -0.05) is 36.4 Å². The fourth-order valence-electron chi connectivity index (χ4n) is 3.48. The Balaban J connectivity index is 1.45. The number of carbonyl (C=O) groups is 1. The van der Waals surface area contributed by atoms with Crippen LogP contribution in [0.2, 0.25) is 0 Å². The standard InChI is InChI=1S/C25H17N3O3/c29-24(16-6-2-1-3-7-16)27-17-10-12-18(13-11-17)31-21-14-15-26-23-22(21)19-8-4-5-9-20(19)25(30)28-23/h1-15H,(H,27,29)(H,26,28,30). The van der Waals surface area contributed by atoms with E-state index in [1.807, 2.05) is 36.4 Å². The van der Waals surface area contributed by atoms with E-state index in [0.29, 0.717) is 33.8 Å². The number of anilines is 1. The van der Waals surface area contributed by atoms with Gasteiger partial charge in [0, 0.05) is 28.2 Å². The molecule has 0 aliphatic heterocycles. The molecule has 0 spiro atoms. The van der Waals surface area contributed by atoms with Crippen LogP contribution in [-0.2, 0) is 0 Å². The molecular formula is C25H17N3O3. The first-order valence-electron chi connectivity index (χ1n) is 9.73. The topological polar surface area (TPSA) is 84.1 Å². The number of benzene rings is 3. The van der Waals surface area contributed by atoms with Crippen molar-refractivity contribution in [2.45, 2.75) is 0 Å². The molecule has 0 aliphatic rings. The Morgan fingerprint density at radius 3 is 2.32 bits per heavy atom. The largest absolute Gasteiger partial charge is 0.457 e. The lowest BCUT2D eigenvalue weighted by atomic mass is 10.1. The molecule has 0 fully saturated rings. The quantitative estimate of drug-likeness (QED) is 0.405. The Morgan fingerprint density at radius 1 is 0.839 bits per heavy atom. The molecule has 0 saturated heterocycles. The van der Waals surface area contributed by atoms with E-state index >= 15 is 0 Å². The molecule has 2 heterocycles. The first kappa shape index (κ1) is 18.6. The van der Waals surface area contributed by atoms with Gasteiger partial charge in [0.2, 0.25) is 0 Å². The van der Waals surface area contributed by atoms with E-state index in [1.54, 1.807) is 54.7 Å². The predicted molar refractivity (Wildman–Crippen MR) is 121 cm³/mol. The van der Waals surface area contributed by atoms with Crippen LogP contribution < -0.4 is 15.6 Å². The van der Waals surface area contributed by atoms with Gasteiger partial charge < -0.3 is 15.0 Å². The molecule has 0 atom stereocenters. The van der Waals surface area contributed by atoms with Crippen LogP contribution in [0, 0.1) is 0 Å². The minimum absolute atomic E-state index is 0.176. The maximum Gasteiger partial charge on any atom is 0.257 e. The first-order valence-corrected chi connectivity index (χ1v) is 9.73. The zero-order valence-electron chi connectivity index (χ0n) is 16.3. The second-order valence-corrected chi connectivity index (χ2v) is 6.98. The summed E-state index contributed by atoms with van der Waals surface area (Å²) in [5, 5.41) is 4.95. The van der Waals surface area contributed by atoms with Crippen molar-refractivity contribution in [3.8, 4) is 11.5 Å². The molecule has 150 valence electrons. The molecule has 0 aliphatic carbocycles. The number of hydrogen-bond acceptors (Lipinski definition) is 4. The Morgan fingerprint density at radius 2 is 1.55 bits per heavy atom. The Kier molecular flexibility index (Phi) is 4.65. The van der Waals surface area contributed by atoms with Crippen molar-refractivity contribution in [3.05, 3.63) is 107 Å². The van der Waals surface area contributed by atoms with Gasteiger partial charge in [-0.15, -0.1) is 0 Å². The highest BCUT2D eigenvalue weighted by atomic mass is 16.5. The van der Waals surface area contributed by atoms with Crippen molar-refractivity contribution in [1.29, 1.82) is 0 Å². The number of aromatic amines is 1. The molecule has 2 aromatic heterocycles. The van der Waals surface area contributed by atoms with E-state index in [2.05, 4.69) is 15.3 Å². The molecule has 6 heteroatoms. The molecule has 0 bridgehead atoms. The number of aromatic nitrogens is 2. The van der Waals surface area contributed by atoms with E-state index in [0.717, 1.165) is 10.8 Å². The van der Waals surface area contributed by atoms with Crippen LogP contribution in [0.5, 0.6) is 11.5 Å². The third-order valence-corrected chi connectivity index (χ3v) is 4.96. The number of hydrogen-bond donors (Lipinski definition) is 2. The number of nitrogens with one attached hydrogen (secondary N) is 2. The fourth-order valence-corrected chi connectivity index (χ4v) is 3.48. The summed E-state index contributed by atoms with van der Waals surface area (Å²) in [6.45, 7) is 0. The number of nitrogens with zero attached hydrogens (tertiary/aromatic N) is 1. The Bertz CT molecular complexity index is 1460. The fraction of sp³-hybridized carbons (Fsp3) is 0. The van der Waals surface area contributed by atoms with Crippen LogP contribution in [-0.4, -0.2) is 15.9 Å². The molecule has 2 N–H and O–H groups in total. The van der Waals surface area contributed by atoms with Crippen molar-refractivity contribution >= 4 is 33.4 Å². The number of fused-ring (bicyclic) bond motifs is 3. The van der Waals surface area contributed by atoms with Crippen molar-refractivity contribution in [2.75, 3.05) is 5.32 Å². The van der Waals surface area contributed by atoms with Crippen molar-refractivity contribution in [3.63, 3.8) is 0 Å². The van der Waals surface area contributed by atoms with Gasteiger partial charge in [0.15, 0.2) is 0 Å². The molecule has 1 amide bonds. The summed E-state index contributed by atoms with van der Waals surface area (Å²) < 4.78 is 6.11. The van der Waals surface area contributed by atoms with Gasteiger partial charge in [-0.05, 0) is 48.5 Å². The average molecular weight is 407 g/mol. The van der Waals surface area contributed by atoms with Gasteiger partial charge in [-0.2, -0.15) is 0 Å². The van der Waals surface area contributed by atoms with E-state index < -0.39 is 0 Å². The second-order valence-electron chi connectivity index (χ2n) is 6.98. The van der Waals surface area contributed by atoms with E-state index in [1.165, 1.54) is 0 Å². The second kappa shape index (κ2) is 7.76. The lowest BCUT2D eigenvalue weighted by Crippen LogP contribution is -2.11. The summed E-state index contributed by atoms with van der Waals surface area (Å²) in [5.74, 6) is 1.00. The monoisotopic (exact) mass is 407 g/mol. The van der Waals surface area contributed by atoms with Crippen LogP contribution in [0.3, 0.4) is 0 Å². The maximum atomic E-state index is 12.3. The van der Waals surface area contributed by atoms with Crippen LogP contribution in [0.15, 0.2) is 95.9 Å². The molecule has 5 aromatic rings. The maximum absolute atomic E-state index is 12.3. The minimum atomic E-state index is -0.189.